The summed E-state index contributed by atoms with van der Waals surface area (Å²) in [6, 6.07) is 4.54. The minimum absolute atomic E-state index is 0.112. The first kappa shape index (κ1) is 20.0. The number of benzene rings is 1. The number of anilines is 1. The summed E-state index contributed by atoms with van der Waals surface area (Å²) in [4.78, 5) is 45.3. The molecule has 2 rings (SSSR count). The van der Waals surface area contributed by atoms with Gasteiger partial charge < -0.3 is 21.1 Å². The molecule has 12 heteroatoms. The zero-order chi connectivity index (χ0) is 20.0. The number of carbonyl (C=O) groups excluding carboxylic acids is 2. The van der Waals surface area contributed by atoms with Crippen molar-refractivity contribution in [2.24, 2.45) is 0 Å². The molecule has 1 heterocycles. The molecular weight excluding hydrogens is 378 g/mol. The monoisotopic (exact) mass is 395 g/mol. The van der Waals surface area contributed by atoms with Gasteiger partial charge in [-0.2, -0.15) is 0 Å². The number of carboxylic acid groups (broad SMARTS) is 1. The molecule has 0 radical (unpaired) electrons. The average Bonchev–Trinajstić information content (AvgIpc) is 2.86. The van der Waals surface area contributed by atoms with E-state index in [9.17, 15) is 24.5 Å². The lowest BCUT2D eigenvalue weighted by molar-refractivity contribution is -0.383. The van der Waals surface area contributed by atoms with E-state index < -0.39 is 35.4 Å². The molecule has 1 aliphatic heterocycles. The molecule has 0 saturated carbocycles. The molecule has 27 heavy (non-hydrogen) atoms. The van der Waals surface area contributed by atoms with E-state index in [1.807, 2.05) is 0 Å². The molecule has 1 atom stereocenters. The Morgan fingerprint density at radius 3 is 2.74 bits per heavy atom. The van der Waals surface area contributed by atoms with Crippen LogP contribution in [-0.2, 0) is 9.59 Å². The first-order valence-electron chi connectivity index (χ1n) is 7.91. The number of nitro benzene ring substituents is 1. The number of nitro groups is 1. The van der Waals surface area contributed by atoms with Crippen LogP contribution < -0.4 is 16.0 Å². The second-order valence-corrected chi connectivity index (χ2v) is 6.03. The molecule has 0 spiro atoms. The van der Waals surface area contributed by atoms with Crippen molar-refractivity contribution in [3.63, 3.8) is 0 Å². The lowest BCUT2D eigenvalue weighted by atomic mass is 10.1. The van der Waals surface area contributed by atoms with Gasteiger partial charge in [0, 0.05) is 12.6 Å². The van der Waals surface area contributed by atoms with E-state index >= 15 is 0 Å². The highest BCUT2D eigenvalue weighted by Crippen LogP contribution is 2.22. The van der Waals surface area contributed by atoms with E-state index in [0.29, 0.717) is 24.3 Å². The molecule has 4 N–H and O–H groups in total. The van der Waals surface area contributed by atoms with Crippen LogP contribution in [0.1, 0.15) is 12.8 Å². The van der Waals surface area contributed by atoms with E-state index in [0.717, 1.165) is 0 Å². The molecule has 1 saturated heterocycles. The van der Waals surface area contributed by atoms with Gasteiger partial charge in [-0.25, -0.2) is 4.79 Å². The van der Waals surface area contributed by atoms with Crippen molar-refractivity contribution in [3.8, 4) is 0 Å². The van der Waals surface area contributed by atoms with E-state index in [1.54, 1.807) is 12.1 Å². The SMILES string of the molecule is O=C(O)CN1C(=O)N[C@@H](CCCNC(=S)Nc2ccccc2[N+](=O)[O-])C1=O. The van der Waals surface area contributed by atoms with Gasteiger partial charge in [0.1, 0.15) is 18.3 Å². The zero-order valence-electron chi connectivity index (χ0n) is 14.0. The van der Waals surface area contributed by atoms with Crippen molar-refractivity contribution in [2.75, 3.05) is 18.4 Å². The summed E-state index contributed by atoms with van der Waals surface area (Å²) in [6.45, 7) is -0.325. The third kappa shape index (κ3) is 5.34. The van der Waals surface area contributed by atoms with Crippen LogP contribution in [0, 0.1) is 10.1 Å². The smallest absolute Gasteiger partial charge is 0.325 e. The third-order valence-electron chi connectivity index (χ3n) is 3.70. The Labute approximate surface area is 158 Å². The maximum absolute atomic E-state index is 12.0. The highest BCUT2D eigenvalue weighted by Gasteiger charge is 2.38. The van der Waals surface area contributed by atoms with Crippen LogP contribution in [0.5, 0.6) is 0 Å². The molecule has 1 aliphatic rings. The number of hydrogen-bond acceptors (Lipinski definition) is 6. The molecule has 0 aliphatic carbocycles. The number of nitrogens with one attached hydrogen (secondary N) is 3. The summed E-state index contributed by atoms with van der Waals surface area (Å²) in [5, 5.41) is 27.9. The number of urea groups is 1. The molecule has 3 amide bonds. The molecule has 1 aromatic carbocycles. The van der Waals surface area contributed by atoms with Crippen LogP contribution >= 0.6 is 12.2 Å². The number of amides is 3. The zero-order valence-corrected chi connectivity index (χ0v) is 14.8. The highest BCUT2D eigenvalue weighted by molar-refractivity contribution is 7.80. The number of aliphatic carboxylic acids is 1. The Bertz CT molecular complexity index is 786. The number of carbonyl (C=O) groups is 3. The summed E-state index contributed by atoms with van der Waals surface area (Å²) in [7, 11) is 0. The second-order valence-electron chi connectivity index (χ2n) is 5.62. The fraction of sp³-hybridized carbons (Fsp3) is 0.333. The van der Waals surface area contributed by atoms with E-state index in [4.69, 9.17) is 17.3 Å². The van der Waals surface area contributed by atoms with Crippen LogP contribution in [0.4, 0.5) is 16.2 Å². The van der Waals surface area contributed by atoms with E-state index in [2.05, 4.69) is 16.0 Å². The molecule has 0 aromatic heterocycles. The van der Waals surface area contributed by atoms with Gasteiger partial charge >= 0.3 is 12.0 Å². The number of rotatable bonds is 8. The van der Waals surface area contributed by atoms with Gasteiger partial charge in [0.2, 0.25) is 0 Å². The van der Waals surface area contributed by atoms with Gasteiger partial charge in [0.25, 0.3) is 11.6 Å². The predicted molar refractivity (Wildman–Crippen MR) is 98.2 cm³/mol. The maximum atomic E-state index is 12.0. The van der Waals surface area contributed by atoms with Gasteiger partial charge in [0.15, 0.2) is 5.11 Å². The summed E-state index contributed by atoms with van der Waals surface area (Å²) >= 11 is 5.08. The molecule has 11 nitrogen and oxygen atoms in total. The Morgan fingerprint density at radius 2 is 2.07 bits per heavy atom. The first-order valence-corrected chi connectivity index (χ1v) is 8.32. The van der Waals surface area contributed by atoms with Gasteiger partial charge in [-0.1, -0.05) is 12.1 Å². The number of thiocarbonyl (C=S) groups is 1. The highest BCUT2D eigenvalue weighted by atomic mass is 32.1. The largest absolute Gasteiger partial charge is 0.480 e. The van der Waals surface area contributed by atoms with Crippen molar-refractivity contribution < 1.29 is 24.4 Å². The van der Waals surface area contributed by atoms with Crippen molar-refractivity contribution in [1.29, 1.82) is 0 Å². The van der Waals surface area contributed by atoms with Crippen LogP contribution in [-0.4, -0.2) is 57.1 Å². The number of para-hydroxylation sites is 2. The van der Waals surface area contributed by atoms with Gasteiger partial charge in [0.05, 0.1) is 4.92 Å². The molecule has 1 fully saturated rings. The second kappa shape index (κ2) is 8.89. The number of imide groups is 1. The Morgan fingerprint density at radius 1 is 1.37 bits per heavy atom. The lowest BCUT2D eigenvalue weighted by Gasteiger charge is -2.12. The normalized spacial score (nSPS) is 16.0. The summed E-state index contributed by atoms with van der Waals surface area (Å²) < 4.78 is 0. The fourth-order valence-electron chi connectivity index (χ4n) is 2.47. The summed E-state index contributed by atoms with van der Waals surface area (Å²) in [5.41, 5.74) is 0.141. The average molecular weight is 395 g/mol. The third-order valence-corrected chi connectivity index (χ3v) is 3.95. The quantitative estimate of drug-likeness (QED) is 0.163. The predicted octanol–water partition coefficient (Wildman–Crippen LogP) is 0.666. The van der Waals surface area contributed by atoms with Crippen LogP contribution in [0.15, 0.2) is 24.3 Å². The van der Waals surface area contributed by atoms with Crippen LogP contribution in [0.2, 0.25) is 0 Å². The maximum Gasteiger partial charge on any atom is 0.325 e. The summed E-state index contributed by atoms with van der Waals surface area (Å²) in [5.74, 6) is -1.85. The fourth-order valence-corrected chi connectivity index (χ4v) is 2.68. The van der Waals surface area contributed by atoms with Crippen molar-refractivity contribution in [3.05, 3.63) is 34.4 Å². The number of carboxylic acids is 1. The van der Waals surface area contributed by atoms with Crippen molar-refractivity contribution in [1.82, 2.24) is 15.5 Å². The molecule has 144 valence electrons. The minimum atomic E-state index is -1.27. The molecular formula is C15H17N5O6S. The Balaban J connectivity index is 1.77. The van der Waals surface area contributed by atoms with E-state index in [-0.39, 0.29) is 16.5 Å². The van der Waals surface area contributed by atoms with Gasteiger partial charge in [-0.15, -0.1) is 0 Å². The van der Waals surface area contributed by atoms with Crippen LogP contribution in [0.25, 0.3) is 0 Å². The standard InChI is InChI=1S/C15H17N5O6S/c21-12(22)8-19-13(23)10(18-15(19)24)5-3-7-16-14(27)17-9-4-1-2-6-11(9)20(25)26/h1-2,4,6,10H,3,5,7-8H2,(H,18,24)(H,21,22)(H2,16,17,27)/t10-/m0/s1. The number of nitrogens with zero attached hydrogens (tertiary/aromatic N) is 2. The Kier molecular flexibility index (Phi) is 6.60. The minimum Gasteiger partial charge on any atom is -0.480 e. The van der Waals surface area contributed by atoms with Crippen LogP contribution in [0.3, 0.4) is 0 Å². The van der Waals surface area contributed by atoms with E-state index in [1.165, 1.54) is 12.1 Å². The number of hydrogen-bond donors (Lipinski definition) is 4. The van der Waals surface area contributed by atoms with Crippen molar-refractivity contribution in [2.45, 2.75) is 18.9 Å². The molecule has 1 aromatic rings. The lowest BCUT2D eigenvalue weighted by Crippen LogP contribution is -2.36. The summed E-state index contributed by atoms with van der Waals surface area (Å²) in [6.07, 6.45) is 0.748. The molecule has 0 bridgehead atoms. The van der Waals surface area contributed by atoms with Gasteiger partial charge in [-0.05, 0) is 31.1 Å². The topological polar surface area (TPSA) is 154 Å². The van der Waals surface area contributed by atoms with Crippen molar-refractivity contribution >= 4 is 46.6 Å². The first-order chi connectivity index (χ1) is 12.8. The van der Waals surface area contributed by atoms with Gasteiger partial charge in [-0.3, -0.25) is 24.6 Å². The molecule has 0 unspecified atom stereocenters. The Hall–Kier alpha value is -3.28.